The lowest BCUT2D eigenvalue weighted by atomic mass is 9.90. The molecule has 2 nitrogen and oxygen atoms in total. The Labute approximate surface area is 104 Å². The Morgan fingerprint density at radius 2 is 1.94 bits per heavy atom. The van der Waals surface area contributed by atoms with Crippen LogP contribution < -0.4 is 4.90 Å². The van der Waals surface area contributed by atoms with Crippen molar-refractivity contribution in [2.75, 3.05) is 13.1 Å². The van der Waals surface area contributed by atoms with Gasteiger partial charge in [0.1, 0.15) is 5.78 Å². The Morgan fingerprint density at radius 1 is 1.24 bits per heavy atom. The van der Waals surface area contributed by atoms with E-state index in [1.807, 2.05) is 0 Å². The molecule has 1 aliphatic heterocycles. The summed E-state index contributed by atoms with van der Waals surface area (Å²) in [6.07, 6.45) is 1.87. The summed E-state index contributed by atoms with van der Waals surface area (Å²) in [7, 11) is 0. The van der Waals surface area contributed by atoms with E-state index in [4.69, 9.17) is 0 Å². The first kappa shape index (κ1) is 12.3. The molecule has 2 rings (SSSR count). The molecule has 0 saturated carbocycles. The van der Waals surface area contributed by atoms with Crippen molar-refractivity contribution in [1.29, 1.82) is 0 Å². The van der Waals surface area contributed by atoms with Gasteiger partial charge in [0.2, 0.25) is 0 Å². The van der Waals surface area contributed by atoms with Crippen LogP contribution in [0.1, 0.15) is 25.8 Å². The average Bonchev–Trinajstić information content (AvgIpc) is 2.36. The molecule has 3 atom stereocenters. The Kier molecular flexibility index (Phi) is 3.95. The number of carbonyl (C=O) groups excluding carboxylic acids is 1. The number of piperidine rings is 1. The van der Waals surface area contributed by atoms with E-state index in [1.54, 1.807) is 4.90 Å². The Hall–Kier alpha value is -1.15. The predicted molar refractivity (Wildman–Crippen MR) is 69.1 cm³/mol. The number of benzene rings is 1. The molecule has 1 unspecified atom stereocenters. The van der Waals surface area contributed by atoms with E-state index >= 15 is 0 Å². The third-order valence-corrected chi connectivity index (χ3v) is 4.17. The first-order valence-electron chi connectivity index (χ1n) is 6.59. The highest BCUT2D eigenvalue weighted by molar-refractivity contribution is 5.81. The number of Topliss-reactive ketones (excluding diaryl/α,β-unsaturated/α-hetero) is 1. The summed E-state index contributed by atoms with van der Waals surface area (Å²) < 4.78 is 0. The van der Waals surface area contributed by atoms with Crippen LogP contribution in [0.4, 0.5) is 0 Å². The van der Waals surface area contributed by atoms with Crippen LogP contribution >= 0.6 is 0 Å². The molecular formula is C15H22NO+. The van der Waals surface area contributed by atoms with E-state index in [9.17, 15) is 4.79 Å². The molecule has 0 amide bonds. The lowest BCUT2D eigenvalue weighted by Gasteiger charge is -2.33. The van der Waals surface area contributed by atoms with Gasteiger partial charge in [-0.15, -0.1) is 0 Å². The molecule has 1 fully saturated rings. The van der Waals surface area contributed by atoms with Gasteiger partial charge in [0.15, 0.2) is 0 Å². The molecule has 1 aromatic rings. The molecule has 0 aliphatic carbocycles. The van der Waals surface area contributed by atoms with Crippen molar-refractivity contribution < 1.29 is 9.69 Å². The molecule has 0 bridgehead atoms. The largest absolute Gasteiger partial charge is 0.332 e. The highest BCUT2D eigenvalue weighted by atomic mass is 16.1. The maximum Gasteiger partial charge on any atom is 0.147 e. The maximum absolute atomic E-state index is 11.6. The number of ketones is 1. The van der Waals surface area contributed by atoms with E-state index in [0.29, 0.717) is 11.8 Å². The number of nitrogens with one attached hydrogen (secondary N) is 1. The Bertz CT molecular complexity index is 374. The van der Waals surface area contributed by atoms with Gasteiger partial charge in [-0.1, -0.05) is 30.3 Å². The van der Waals surface area contributed by atoms with Crippen molar-refractivity contribution in [2.24, 2.45) is 5.92 Å². The van der Waals surface area contributed by atoms with E-state index in [1.165, 1.54) is 5.56 Å². The lowest BCUT2D eigenvalue weighted by molar-refractivity contribution is -0.928. The fraction of sp³-hybridized carbons (Fsp3) is 0.533. The normalized spacial score (nSPS) is 29.3. The zero-order valence-corrected chi connectivity index (χ0v) is 10.8. The maximum atomic E-state index is 11.6. The predicted octanol–water partition coefficient (Wildman–Crippen LogP) is 1.11. The summed E-state index contributed by atoms with van der Waals surface area (Å²) in [6.45, 7) is 6.44. The quantitative estimate of drug-likeness (QED) is 0.828. The standard InChI is InChI=1S/C15H21NO/c1-12-13(2)16(11-9-15(12)17)10-8-14-6-4-3-5-7-14/h3-7,12-13H,8-11H2,1-2H3/p+1/t12-,13+/m0/s1. The third-order valence-electron chi connectivity index (χ3n) is 4.17. The van der Waals surface area contributed by atoms with Gasteiger partial charge in [-0.25, -0.2) is 0 Å². The lowest BCUT2D eigenvalue weighted by Crippen LogP contribution is -3.17. The Morgan fingerprint density at radius 3 is 2.65 bits per heavy atom. The minimum absolute atomic E-state index is 0.231. The van der Waals surface area contributed by atoms with E-state index in [-0.39, 0.29) is 5.92 Å². The molecular weight excluding hydrogens is 210 g/mol. The molecule has 2 heteroatoms. The first-order valence-corrected chi connectivity index (χ1v) is 6.59. The van der Waals surface area contributed by atoms with Gasteiger partial charge in [-0.2, -0.15) is 0 Å². The summed E-state index contributed by atoms with van der Waals surface area (Å²) in [4.78, 5) is 13.2. The summed E-state index contributed by atoms with van der Waals surface area (Å²) in [6, 6.07) is 11.1. The zero-order chi connectivity index (χ0) is 12.3. The molecule has 1 saturated heterocycles. The second-order valence-electron chi connectivity index (χ2n) is 5.19. The van der Waals surface area contributed by atoms with Crippen molar-refractivity contribution in [3.8, 4) is 0 Å². The highest BCUT2D eigenvalue weighted by Crippen LogP contribution is 2.08. The van der Waals surface area contributed by atoms with Gasteiger partial charge in [-0.05, 0) is 19.4 Å². The summed E-state index contributed by atoms with van der Waals surface area (Å²) >= 11 is 0. The molecule has 0 aromatic heterocycles. The number of rotatable bonds is 3. The fourth-order valence-corrected chi connectivity index (χ4v) is 2.67. The molecule has 1 N–H and O–H groups in total. The number of quaternary nitrogens is 1. The minimum atomic E-state index is 0.231. The van der Waals surface area contributed by atoms with Gasteiger partial charge in [0.05, 0.1) is 31.5 Å². The van der Waals surface area contributed by atoms with Crippen LogP contribution in [0.2, 0.25) is 0 Å². The summed E-state index contributed by atoms with van der Waals surface area (Å²) in [5.41, 5.74) is 1.40. The van der Waals surface area contributed by atoms with Gasteiger partial charge in [0, 0.05) is 6.42 Å². The highest BCUT2D eigenvalue weighted by Gasteiger charge is 2.33. The van der Waals surface area contributed by atoms with Crippen molar-refractivity contribution in [1.82, 2.24) is 0 Å². The topological polar surface area (TPSA) is 21.5 Å². The van der Waals surface area contributed by atoms with Crippen LogP contribution in [0.25, 0.3) is 0 Å². The van der Waals surface area contributed by atoms with E-state index in [0.717, 1.165) is 25.9 Å². The van der Waals surface area contributed by atoms with Crippen LogP contribution in [0.3, 0.4) is 0 Å². The summed E-state index contributed by atoms with van der Waals surface area (Å²) in [5.74, 6) is 0.676. The average molecular weight is 232 g/mol. The molecule has 92 valence electrons. The number of carbonyl (C=O) groups is 1. The summed E-state index contributed by atoms with van der Waals surface area (Å²) in [5, 5.41) is 0. The monoisotopic (exact) mass is 232 g/mol. The second-order valence-corrected chi connectivity index (χ2v) is 5.19. The van der Waals surface area contributed by atoms with Gasteiger partial charge in [0.25, 0.3) is 0 Å². The molecule has 1 aromatic carbocycles. The number of hydrogen-bond acceptors (Lipinski definition) is 1. The Balaban J connectivity index is 1.89. The van der Waals surface area contributed by atoms with Gasteiger partial charge in [-0.3, -0.25) is 4.79 Å². The SMILES string of the molecule is C[C@@H]1C(=O)CC[NH+](CCc2ccccc2)[C@@H]1C. The molecule has 0 radical (unpaired) electrons. The van der Waals surface area contributed by atoms with Crippen LogP contribution in [0, 0.1) is 5.92 Å². The number of hydrogen-bond donors (Lipinski definition) is 1. The van der Waals surface area contributed by atoms with Crippen molar-refractivity contribution in [3.05, 3.63) is 35.9 Å². The zero-order valence-electron chi connectivity index (χ0n) is 10.8. The van der Waals surface area contributed by atoms with Crippen molar-refractivity contribution >= 4 is 5.78 Å². The van der Waals surface area contributed by atoms with Crippen LogP contribution in [0.15, 0.2) is 30.3 Å². The van der Waals surface area contributed by atoms with E-state index in [2.05, 4.69) is 44.2 Å². The van der Waals surface area contributed by atoms with Crippen molar-refractivity contribution in [3.63, 3.8) is 0 Å². The van der Waals surface area contributed by atoms with Crippen molar-refractivity contribution in [2.45, 2.75) is 32.7 Å². The van der Waals surface area contributed by atoms with Crippen LogP contribution in [-0.2, 0) is 11.2 Å². The molecule has 0 spiro atoms. The van der Waals surface area contributed by atoms with Gasteiger partial charge < -0.3 is 4.90 Å². The minimum Gasteiger partial charge on any atom is -0.332 e. The smallest absolute Gasteiger partial charge is 0.147 e. The fourth-order valence-electron chi connectivity index (χ4n) is 2.67. The molecule has 1 aliphatic rings. The molecule has 1 heterocycles. The number of likely N-dealkylation sites (tertiary alicyclic amines) is 1. The van der Waals surface area contributed by atoms with Crippen LogP contribution in [0.5, 0.6) is 0 Å². The first-order chi connectivity index (χ1) is 8.18. The second kappa shape index (κ2) is 5.46. The van der Waals surface area contributed by atoms with E-state index < -0.39 is 0 Å². The van der Waals surface area contributed by atoms with Gasteiger partial charge >= 0.3 is 0 Å². The van der Waals surface area contributed by atoms with Crippen LogP contribution in [-0.4, -0.2) is 24.9 Å². The third kappa shape index (κ3) is 2.95. The molecule has 17 heavy (non-hydrogen) atoms.